The zero-order chi connectivity index (χ0) is 15.8. The Bertz CT molecular complexity index is 569. The lowest BCUT2D eigenvalue weighted by Gasteiger charge is -2.20. The van der Waals surface area contributed by atoms with E-state index in [1.54, 1.807) is 13.0 Å². The number of urea groups is 1. The van der Waals surface area contributed by atoms with E-state index in [4.69, 9.17) is 5.11 Å². The first kappa shape index (κ1) is 16.4. The highest BCUT2D eigenvalue weighted by atomic mass is 16.4. The molecule has 0 atom stereocenters. The first-order valence-corrected chi connectivity index (χ1v) is 6.35. The number of amides is 3. The number of imide groups is 1. The molecular weight excluding hydrogens is 274 g/mol. The van der Waals surface area contributed by atoms with Crippen molar-refractivity contribution in [2.75, 3.05) is 6.54 Å². The maximum atomic E-state index is 11.9. The highest BCUT2D eigenvalue weighted by molar-refractivity contribution is 6.02. The minimum atomic E-state index is -1.26. The molecule has 0 aliphatic rings. The zero-order valence-corrected chi connectivity index (χ0v) is 11.9. The summed E-state index contributed by atoms with van der Waals surface area (Å²) in [5.41, 5.74) is 1.55. The number of carbonyl (C=O) groups excluding carboxylic acids is 2. The van der Waals surface area contributed by atoms with Crippen LogP contribution in [-0.2, 0) is 16.1 Å². The minimum Gasteiger partial charge on any atom is -0.478 e. The van der Waals surface area contributed by atoms with Crippen molar-refractivity contribution in [1.29, 1.82) is 0 Å². The van der Waals surface area contributed by atoms with Gasteiger partial charge < -0.3 is 10.0 Å². The van der Waals surface area contributed by atoms with Gasteiger partial charge >= 0.3 is 12.0 Å². The number of aromatic nitrogens is 1. The summed E-state index contributed by atoms with van der Waals surface area (Å²) in [7, 11) is 0. The standard InChI is InChI=1S/C14H17N3O4/c1-3-17(9-11-6-4-5-10(2)15-11)14(21)16-12(18)7-8-13(19)20/h4-8H,3,9H2,1-2H3,(H,19,20)(H,16,18,21)/b8-7+. The molecule has 7 heteroatoms. The van der Waals surface area contributed by atoms with Crippen molar-refractivity contribution in [1.82, 2.24) is 15.2 Å². The summed E-state index contributed by atoms with van der Waals surface area (Å²) in [5.74, 6) is -2.04. The number of hydrogen-bond acceptors (Lipinski definition) is 4. The molecule has 1 aromatic heterocycles. The number of rotatable bonds is 5. The van der Waals surface area contributed by atoms with E-state index in [2.05, 4.69) is 10.3 Å². The third-order valence-corrected chi connectivity index (χ3v) is 2.58. The van der Waals surface area contributed by atoms with Gasteiger partial charge in [-0.25, -0.2) is 9.59 Å². The van der Waals surface area contributed by atoms with Crippen molar-refractivity contribution in [2.24, 2.45) is 0 Å². The Morgan fingerprint density at radius 3 is 2.62 bits per heavy atom. The number of aryl methyl sites for hydroxylation is 1. The molecule has 21 heavy (non-hydrogen) atoms. The number of carboxylic acid groups (broad SMARTS) is 1. The lowest BCUT2D eigenvalue weighted by atomic mass is 10.3. The maximum Gasteiger partial charge on any atom is 0.328 e. The molecular formula is C14H17N3O4. The number of aliphatic carboxylic acids is 1. The molecule has 0 radical (unpaired) electrons. The van der Waals surface area contributed by atoms with Gasteiger partial charge in [0.2, 0.25) is 0 Å². The van der Waals surface area contributed by atoms with Crippen LogP contribution in [0.15, 0.2) is 30.4 Å². The number of pyridine rings is 1. The van der Waals surface area contributed by atoms with Crippen LogP contribution in [0.2, 0.25) is 0 Å². The van der Waals surface area contributed by atoms with Gasteiger partial charge in [-0.3, -0.25) is 15.1 Å². The average molecular weight is 291 g/mol. The number of carboxylic acids is 1. The van der Waals surface area contributed by atoms with Gasteiger partial charge in [-0.1, -0.05) is 6.07 Å². The van der Waals surface area contributed by atoms with Crippen LogP contribution in [0.5, 0.6) is 0 Å². The predicted molar refractivity (Wildman–Crippen MR) is 75.4 cm³/mol. The van der Waals surface area contributed by atoms with E-state index in [0.717, 1.165) is 11.8 Å². The van der Waals surface area contributed by atoms with Crippen LogP contribution in [0.25, 0.3) is 0 Å². The van der Waals surface area contributed by atoms with Gasteiger partial charge in [-0.05, 0) is 26.0 Å². The second kappa shape index (κ2) is 7.78. The quantitative estimate of drug-likeness (QED) is 0.791. The summed E-state index contributed by atoms with van der Waals surface area (Å²) in [6, 6.07) is 4.88. The van der Waals surface area contributed by atoms with Gasteiger partial charge in [0.05, 0.1) is 12.2 Å². The molecule has 0 saturated heterocycles. The fourth-order valence-electron chi connectivity index (χ4n) is 1.58. The largest absolute Gasteiger partial charge is 0.478 e. The van der Waals surface area contributed by atoms with Gasteiger partial charge in [0.1, 0.15) is 0 Å². The molecule has 1 rings (SSSR count). The van der Waals surface area contributed by atoms with Crippen molar-refractivity contribution in [3.05, 3.63) is 41.7 Å². The Labute approximate surface area is 122 Å². The Morgan fingerprint density at radius 2 is 2.05 bits per heavy atom. The second-order valence-corrected chi connectivity index (χ2v) is 4.25. The molecule has 7 nitrogen and oxygen atoms in total. The first-order valence-electron chi connectivity index (χ1n) is 6.35. The highest BCUT2D eigenvalue weighted by Gasteiger charge is 2.14. The van der Waals surface area contributed by atoms with E-state index in [1.807, 2.05) is 19.1 Å². The van der Waals surface area contributed by atoms with Crippen LogP contribution in [0.1, 0.15) is 18.3 Å². The molecule has 112 valence electrons. The van der Waals surface area contributed by atoms with E-state index in [9.17, 15) is 14.4 Å². The van der Waals surface area contributed by atoms with E-state index in [1.165, 1.54) is 4.90 Å². The lowest BCUT2D eigenvalue weighted by Crippen LogP contribution is -2.42. The summed E-state index contributed by atoms with van der Waals surface area (Å²) in [6.45, 7) is 4.27. The fourth-order valence-corrected chi connectivity index (χ4v) is 1.58. The summed E-state index contributed by atoms with van der Waals surface area (Å²) in [5, 5.41) is 10.5. The van der Waals surface area contributed by atoms with Crippen LogP contribution < -0.4 is 5.32 Å². The van der Waals surface area contributed by atoms with Crippen molar-refractivity contribution in [3.8, 4) is 0 Å². The van der Waals surface area contributed by atoms with Crippen LogP contribution in [0, 0.1) is 6.92 Å². The molecule has 0 unspecified atom stereocenters. The fraction of sp³-hybridized carbons (Fsp3) is 0.286. The normalized spacial score (nSPS) is 10.4. The van der Waals surface area contributed by atoms with E-state index in [-0.39, 0.29) is 6.54 Å². The molecule has 1 aromatic rings. The Morgan fingerprint density at radius 1 is 1.33 bits per heavy atom. The molecule has 0 aromatic carbocycles. The molecule has 0 aliphatic heterocycles. The Kier molecular flexibility index (Phi) is 6.06. The molecule has 1 heterocycles. The van der Waals surface area contributed by atoms with Gasteiger partial charge in [-0.15, -0.1) is 0 Å². The van der Waals surface area contributed by atoms with Crippen LogP contribution >= 0.6 is 0 Å². The maximum absolute atomic E-state index is 11.9. The zero-order valence-electron chi connectivity index (χ0n) is 11.9. The van der Waals surface area contributed by atoms with Gasteiger partial charge in [0, 0.05) is 24.4 Å². The summed E-state index contributed by atoms with van der Waals surface area (Å²) < 4.78 is 0. The first-order chi connectivity index (χ1) is 9.92. The van der Waals surface area contributed by atoms with E-state index >= 15 is 0 Å². The molecule has 2 N–H and O–H groups in total. The minimum absolute atomic E-state index is 0.264. The lowest BCUT2D eigenvalue weighted by molar-refractivity contribution is -0.131. The van der Waals surface area contributed by atoms with Crippen molar-refractivity contribution in [3.63, 3.8) is 0 Å². The van der Waals surface area contributed by atoms with Crippen molar-refractivity contribution < 1.29 is 19.5 Å². The monoisotopic (exact) mass is 291 g/mol. The average Bonchev–Trinajstić information content (AvgIpc) is 2.42. The molecule has 0 saturated carbocycles. The van der Waals surface area contributed by atoms with Crippen molar-refractivity contribution in [2.45, 2.75) is 20.4 Å². The van der Waals surface area contributed by atoms with E-state index in [0.29, 0.717) is 18.3 Å². The second-order valence-electron chi connectivity index (χ2n) is 4.25. The smallest absolute Gasteiger partial charge is 0.328 e. The van der Waals surface area contributed by atoms with E-state index < -0.39 is 17.9 Å². The highest BCUT2D eigenvalue weighted by Crippen LogP contribution is 2.03. The molecule has 0 fully saturated rings. The van der Waals surface area contributed by atoms with Crippen LogP contribution in [0.4, 0.5) is 4.79 Å². The number of nitrogens with one attached hydrogen (secondary N) is 1. The predicted octanol–water partition coefficient (Wildman–Crippen LogP) is 1.09. The third-order valence-electron chi connectivity index (χ3n) is 2.58. The SMILES string of the molecule is CCN(Cc1cccc(C)n1)C(=O)NC(=O)/C=C/C(=O)O. The summed E-state index contributed by atoms with van der Waals surface area (Å²) in [6.07, 6.45) is 1.46. The molecule has 3 amide bonds. The molecule has 0 spiro atoms. The van der Waals surface area contributed by atoms with Crippen LogP contribution in [0.3, 0.4) is 0 Å². The third kappa shape index (κ3) is 5.85. The molecule has 0 aliphatic carbocycles. The van der Waals surface area contributed by atoms with Gasteiger partial charge in [-0.2, -0.15) is 0 Å². The number of carbonyl (C=O) groups is 3. The van der Waals surface area contributed by atoms with Gasteiger partial charge in [0.15, 0.2) is 0 Å². The van der Waals surface area contributed by atoms with Gasteiger partial charge in [0.25, 0.3) is 5.91 Å². The topological polar surface area (TPSA) is 99.6 Å². The molecule has 0 bridgehead atoms. The number of nitrogens with zero attached hydrogens (tertiary/aromatic N) is 2. The summed E-state index contributed by atoms with van der Waals surface area (Å²) in [4.78, 5) is 39.2. The summed E-state index contributed by atoms with van der Waals surface area (Å²) >= 11 is 0. The van der Waals surface area contributed by atoms with Crippen LogP contribution in [-0.4, -0.2) is 39.4 Å². The Balaban J connectivity index is 2.65. The number of hydrogen-bond donors (Lipinski definition) is 2. The Hall–Kier alpha value is -2.70. The van der Waals surface area contributed by atoms with Crippen molar-refractivity contribution >= 4 is 17.9 Å².